The molecule has 1 fully saturated rings. The summed E-state index contributed by atoms with van der Waals surface area (Å²) in [6, 6.07) is 6.22. The maximum atomic E-state index is 12.5. The number of nitrogens with zero attached hydrogens (tertiary/aromatic N) is 1. The second-order valence-corrected chi connectivity index (χ2v) is 7.31. The quantitative estimate of drug-likeness (QED) is 0.789. The molecule has 104 valence electrons. The van der Waals surface area contributed by atoms with Gasteiger partial charge in [0.2, 0.25) is 0 Å². The number of likely N-dealkylation sites (tertiary alicyclic amines) is 1. The molecule has 1 heterocycles. The van der Waals surface area contributed by atoms with E-state index in [2.05, 4.69) is 0 Å². The molecule has 1 aliphatic rings. The van der Waals surface area contributed by atoms with Gasteiger partial charge >= 0.3 is 0 Å². The molecule has 6 heteroatoms. The summed E-state index contributed by atoms with van der Waals surface area (Å²) in [6.45, 7) is 2.64. The van der Waals surface area contributed by atoms with E-state index in [4.69, 9.17) is 10.7 Å². The highest BCUT2D eigenvalue weighted by Crippen LogP contribution is 2.24. The SMILES string of the molecule is CC1CCCCN1C(=O)c1ccccc1S(=O)(=O)Cl. The predicted octanol–water partition coefficient (Wildman–Crippen LogP) is 2.63. The number of carbonyl (C=O) groups excluding carboxylic acids is 1. The van der Waals surface area contributed by atoms with Crippen molar-refractivity contribution in [2.45, 2.75) is 37.1 Å². The molecular formula is C13H16ClNO3S. The number of halogens is 1. The summed E-state index contributed by atoms with van der Waals surface area (Å²) in [7, 11) is 1.47. The van der Waals surface area contributed by atoms with Crippen LogP contribution in [-0.4, -0.2) is 31.8 Å². The lowest BCUT2D eigenvalue weighted by atomic mass is 10.0. The first kappa shape index (κ1) is 14.3. The first-order valence-electron chi connectivity index (χ1n) is 6.26. The molecule has 1 unspecified atom stereocenters. The van der Waals surface area contributed by atoms with Gasteiger partial charge in [0.05, 0.1) is 10.5 Å². The van der Waals surface area contributed by atoms with Gasteiger partial charge in [-0.05, 0) is 38.3 Å². The second kappa shape index (κ2) is 5.51. The van der Waals surface area contributed by atoms with Crippen LogP contribution in [0.5, 0.6) is 0 Å². The van der Waals surface area contributed by atoms with Crippen LogP contribution in [0.15, 0.2) is 29.2 Å². The van der Waals surface area contributed by atoms with Crippen molar-refractivity contribution in [3.63, 3.8) is 0 Å². The van der Waals surface area contributed by atoms with E-state index in [1.54, 1.807) is 17.0 Å². The minimum atomic E-state index is -3.91. The van der Waals surface area contributed by atoms with E-state index >= 15 is 0 Å². The Morgan fingerprint density at radius 2 is 2.00 bits per heavy atom. The second-order valence-electron chi connectivity index (χ2n) is 4.78. The maximum absolute atomic E-state index is 12.5. The van der Waals surface area contributed by atoms with Crippen LogP contribution in [0.25, 0.3) is 0 Å². The van der Waals surface area contributed by atoms with E-state index in [9.17, 15) is 13.2 Å². The number of piperidine rings is 1. The topological polar surface area (TPSA) is 54.5 Å². The molecule has 0 spiro atoms. The van der Waals surface area contributed by atoms with Crippen LogP contribution < -0.4 is 0 Å². The Hall–Kier alpha value is -1.07. The van der Waals surface area contributed by atoms with Crippen LogP contribution in [0.1, 0.15) is 36.5 Å². The van der Waals surface area contributed by atoms with Gasteiger partial charge in [0.15, 0.2) is 0 Å². The summed E-state index contributed by atoms with van der Waals surface area (Å²) in [5.41, 5.74) is 0.159. The molecule has 1 amide bonds. The summed E-state index contributed by atoms with van der Waals surface area (Å²) in [4.78, 5) is 14.1. The van der Waals surface area contributed by atoms with Crippen molar-refractivity contribution >= 4 is 25.6 Å². The maximum Gasteiger partial charge on any atom is 0.262 e. The molecule has 1 saturated heterocycles. The Morgan fingerprint density at radius 3 is 2.63 bits per heavy atom. The molecule has 1 atom stereocenters. The van der Waals surface area contributed by atoms with Gasteiger partial charge in [-0.2, -0.15) is 0 Å². The first-order valence-corrected chi connectivity index (χ1v) is 8.57. The number of hydrogen-bond acceptors (Lipinski definition) is 3. The molecule has 0 aromatic heterocycles. The van der Waals surface area contributed by atoms with Crippen LogP contribution >= 0.6 is 10.7 Å². The van der Waals surface area contributed by atoms with Gasteiger partial charge in [-0.1, -0.05) is 12.1 Å². The van der Waals surface area contributed by atoms with Crippen molar-refractivity contribution in [1.29, 1.82) is 0 Å². The first-order chi connectivity index (χ1) is 8.91. The highest BCUT2D eigenvalue weighted by Gasteiger charge is 2.28. The zero-order chi connectivity index (χ0) is 14.0. The molecule has 19 heavy (non-hydrogen) atoms. The molecule has 4 nitrogen and oxygen atoms in total. The average Bonchev–Trinajstić information content (AvgIpc) is 2.37. The Bertz CT molecular complexity index is 585. The molecule has 0 aliphatic carbocycles. The van der Waals surface area contributed by atoms with E-state index in [1.807, 2.05) is 6.92 Å². The number of benzene rings is 1. The van der Waals surface area contributed by atoms with Crippen LogP contribution in [0, 0.1) is 0 Å². The van der Waals surface area contributed by atoms with Gasteiger partial charge in [0.25, 0.3) is 15.0 Å². The smallest absolute Gasteiger partial charge is 0.262 e. The largest absolute Gasteiger partial charge is 0.336 e. The average molecular weight is 302 g/mol. The molecule has 0 bridgehead atoms. The number of amides is 1. The van der Waals surface area contributed by atoms with Crippen molar-refractivity contribution in [1.82, 2.24) is 4.90 Å². The van der Waals surface area contributed by atoms with Gasteiger partial charge in [-0.15, -0.1) is 0 Å². The third-order valence-corrected chi connectivity index (χ3v) is 4.82. The summed E-state index contributed by atoms with van der Waals surface area (Å²) in [5, 5.41) is 0. The third-order valence-electron chi connectivity index (χ3n) is 3.44. The lowest BCUT2D eigenvalue weighted by Crippen LogP contribution is -2.42. The van der Waals surface area contributed by atoms with E-state index < -0.39 is 9.05 Å². The molecule has 0 saturated carbocycles. The molecule has 2 rings (SSSR count). The van der Waals surface area contributed by atoms with E-state index in [0.717, 1.165) is 19.3 Å². The molecule has 0 radical (unpaired) electrons. The third kappa shape index (κ3) is 3.09. The highest BCUT2D eigenvalue weighted by atomic mass is 35.7. The Kier molecular flexibility index (Phi) is 4.16. The van der Waals surface area contributed by atoms with Crippen molar-refractivity contribution in [2.75, 3.05) is 6.54 Å². The lowest BCUT2D eigenvalue weighted by Gasteiger charge is -2.33. The Morgan fingerprint density at radius 1 is 1.32 bits per heavy atom. The van der Waals surface area contributed by atoms with Crippen molar-refractivity contribution in [3.05, 3.63) is 29.8 Å². The van der Waals surface area contributed by atoms with Gasteiger partial charge in [-0.25, -0.2) is 8.42 Å². The zero-order valence-electron chi connectivity index (χ0n) is 10.7. The van der Waals surface area contributed by atoms with E-state index in [-0.39, 0.29) is 22.4 Å². The lowest BCUT2D eigenvalue weighted by molar-refractivity contribution is 0.0631. The number of hydrogen-bond donors (Lipinski definition) is 0. The fourth-order valence-corrected chi connectivity index (χ4v) is 3.47. The van der Waals surface area contributed by atoms with Crippen LogP contribution in [-0.2, 0) is 9.05 Å². The van der Waals surface area contributed by atoms with E-state index in [1.165, 1.54) is 12.1 Å². The van der Waals surface area contributed by atoms with Crippen LogP contribution in [0.3, 0.4) is 0 Å². The van der Waals surface area contributed by atoms with Gasteiger partial charge in [0, 0.05) is 23.3 Å². The summed E-state index contributed by atoms with van der Waals surface area (Å²) in [6.07, 6.45) is 2.99. The number of rotatable bonds is 2. The fraction of sp³-hybridized carbons (Fsp3) is 0.462. The van der Waals surface area contributed by atoms with Crippen LogP contribution in [0.2, 0.25) is 0 Å². The summed E-state index contributed by atoms with van der Waals surface area (Å²) >= 11 is 0. The molecule has 1 aromatic carbocycles. The van der Waals surface area contributed by atoms with Crippen molar-refractivity contribution in [3.8, 4) is 0 Å². The summed E-state index contributed by atoms with van der Waals surface area (Å²) in [5.74, 6) is -0.257. The van der Waals surface area contributed by atoms with Crippen LogP contribution in [0.4, 0.5) is 0 Å². The minimum absolute atomic E-state index is 0.112. The van der Waals surface area contributed by atoms with Gasteiger partial charge in [-0.3, -0.25) is 4.79 Å². The van der Waals surface area contributed by atoms with Gasteiger partial charge < -0.3 is 4.90 Å². The normalized spacial score (nSPS) is 20.3. The summed E-state index contributed by atoms with van der Waals surface area (Å²) < 4.78 is 23.0. The molecule has 0 N–H and O–H groups in total. The standard InChI is InChI=1S/C13H16ClNO3S/c1-10-6-4-5-9-15(10)13(16)11-7-2-3-8-12(11)19(14,17)18/h2-3,7-8,10H,4-6,9H2,1H3. The van der Waals surface area contributed by atoms with E-state index in [0.29, 0.717) is 6.54 Å². The predicted molar refractivity (Wildman–Crippen MR) is 73.8 cm³/mol. The highest BCUT2D eigenvalue weighted by molar-refractivity contribution is 8.13. The van der Waals surface area contributed by atoms with Crippen molar-refractivity contribution < 1.29 is 13.2 Å². The zero-order valence-corrected chi connectivity index (χ0v) is 12.2. The molecular weight excluding hydrogens is 286 g/mol. The van der Waals surface area contributed by atoms with Gasteiger partial charge in [0.1, 0.15) is 0 Å². The Labute approximate surface area is 117 Å². The fourth-order valence-electron chi connectivity index (χ4n) is 2.41. The Balaban J connectivity index is 2.39. The monoisotopic (exact) mass is 301 g/mol. The minimum Gasteiger partial charge on any atom is -0.336 e. The molecule has 1 aliphatic heterocycles. The number of carbonyl (C=O) groups is 1. The van der Waals surface area contributed by atoms with Crippen molar-refractivity contribution in [2.24, 2.45) is 0 Å². The molecule has 1 aromatic rings.